The fourth-order valence-corrected chi connectivity index (χ4v) is 1.31. The molecule has 1 unspecified atom stereocenters. The maximum atomic E-state index is 12.7. The lowest BCUT2D eigenvalue weighted by Crippen LogP contribution is -1.93. The summed E-state index contributed by atoms with van der Waals surface area (Å²) >= 11 is 0. The molecule has 1 heterocycles. The van der Waals surface area contributed by atoms with E-state index in [1.54, 1.807) is 12.1 Å². The van der Waals surface area contributed by atoms with Gasteiger partial charge in [-0.3, -0.25) is 0 Å². The minimum atomic E-state index is -2.50. The average Bonchev–Trinajstić information content (AvgIpc) is 2.38. The maximum absolute atomic E-state index is 12.7. The predicted octanol–water partition coefficient (Wildman–Crippen LogP) is 2.34. The zero-order valence-electron chi connectivity index (χ0n) is 11.3. The van der Waals surface area contributed by atoms with Gasteiger partial charge in [0.1, 0.15) is 0 Å². The van der Waals surface area contributed by atoms with Gasteiger partial charge >= 0.3 is 0 Å². The van der Waals surface area contributed by atoms with Gasteiger partial charge in [-0.25, -0.2) is 14.4 Å². The SMILES string of the molecule is [2H]C([2H])([2H])C(O)c1cccc(-c2ncc(F)cn2)c1. The van der Waals surface area contributed by atoms with Crippen molar-refractivity contribution in [2.75, 3.05) is 0 Å². The molecule has 1 aromatic heterocycles. The molecule has 3 nitrogen and oxygen atoms in total. The van der Waals surface area contributed by atoms with Gasteiger partial charge in [0.15, 0.2) is 11.6 Å². The number of rotatable bonds is 2. The first-order chi connectivity index (χ1) is 8.88. The summed E-state index contributed by atoms with van der Waals surface area (Å²) < 4.78 is 34.3. The number of aliphatic hydroxyl groups is 1. The van der Waals surface area contributed by atoms with Gasteiger partial charge in [0.05, 0.1) is 18.5 Å². The van der Waals surface area contributed by atoms with Crippen molar-refractivity contribution in [3.05, 3.63) is 48.0 Å². The largest absolute Gasteiger partial charge is 0.389 e. The molecule has 0 aliphatic rings. The number of hydrogen-bond donors (Lipinski definition) is 1. The molecule has 4 heteroatoms. The lowest BCUT2D eigenvalue weighted by molar-refractivity contribution is 0.199. The van der Waals surface area contributed by atoms with Gasteiger partial charge in [0, 0.05) is 9.68 Å². The summed E-state index contributed by atoms with van der Waals surface area (Å²) in [5.74, 6) is -0.288. The van der Waals surface area contributed by atoms with E-state index in [0.717, 1.165) is 12.4 Å². The highest BCUT2D eigenvalue weighted by molar-refractivity contribution is 5.55. The molecule has 16 heavy (non-hydrogen) atoms. The van der Waals surface area contributed by atoms with Crippen LogP contribution in [0.1, 0.15) is 22.6 Å². The molecule has 0 bridgehead atoms. The molecule has 2 aromatic rings. The molecule has 0 aliphatic heterocycles. The van der Waals surface area contributed by atoms with Crippen molar-refractivity contribution in [2.24, 2.45) is 0 Å². The van der Waals surface area contributed by atoms with Gasteiger partial charge in [-0.15, -0.1) is 0 Å². The molecule has 82 valence electrons. The first-order valence-corrected chi connectivity index (χ1v) is 4.64. The van der Waals surface area contributed by atoms with Crippen molar-refractivity contribution in [2.45, 2.75) is 13.0 Å². The van der Waals surface area contributed by atoms with Crippen LogP contribution >= 0.6 is 0 Å². The number of nitrogens with zero attached hydrogens (tertiary/aromatic N) is 2. The standard InChI is InChI=1S/C12H11FN2O/c1-8(16)9-3-2-4-10(5-9)12-14-6-11(13)7-15-12/h2-8,16H,1H3/i1D3. The van der Waals surface area contributed by atoms with Crippen LogP contribution in [-0.4, -0.2) is 15.1 Å². The highest BCUT2D eigenvalue weighted by Crippen LogP contribution is 2.19. The van der Waals surface area contributed by atoms with Gasteiger partial charge in [-0.2, -0.15) is 0 Å². The van der Waals surface area contributed by atoms with E-state index in [-0.39, 0.29) is 11.4 Å². The molecule has 0 saturated heterocycles. The first kappa shape index (κ1) is 7.46. The maximum Gasteiger partial charge on any atom is 0.159 e. The molecule has 0 radical (unpaired) electrons. The second-order valence-electron chi connectivity index (χ2n) is 3.25. The summed E-state index contributed by atoms with van der Waals surface area (Å²) in [5, 5.41) is 9.71. The Hall–Kier alpha value is -1.81. The molecule has 2 rings (SSSR count). The number of benzene rings is 1. The molecule has 0 spiro atoms. The third-order valence-electron chi connectivity index (χ3n) is 2.08. The molecule has 0 amide bonds. The van der Waals surface area contributed by atoms with Crippen LogP contribution in [0.3, 0.4) is 0 Å². The second-order valence-corrected chi connectivity index (χ2v) is 3.25. The summed E-state index contributed by atoms with van der Waals surface area (Å²) in [7, 11) is 0. The van der Waals surface area contributed by atoms with E-state index >= 15 is 0 Å². The van der Waals surface area contributed by atoms with Crippen LogP contribution in [-0.2, 0) is 0 Å². The molecule has 0 aliphatic carbocycles. The molecule has 1 atom stereocenters. The van der Waals surface area contributed by atoms with E-state index in [9.17, 15) is 9.50 Å². The zero-order valence-corrected chi connectivity index (χ0v) is 8.26. The normalized spacial score (nSPS) is 16.0. The Morgan fingerprint density at radius 1 is 1.38 bits per heavy atom. The third kappa shape index (κ3) is 2.23. The van der Waals surface area contributed by atoms with E-state index in [4.69, 9.17) is 4.11 Å². The summed E-state index contributed by atoms with van der Waals surface area (Å²) in [4.78, 5) is 7.61. The predicted molar refractivity (Wildman–Crippen MR) is 58.1 cm³/mol. The molecule has 1 N–H and O–H groups in total. The van der Waals surface area contributed by atoms with Crippen LogP contribution in [0.4, 0.5) is 4.39 Å². The Labute approximate surface area is 96.8 Å². The minimum absolute atomic E-state index is 0.241. The van der Waals surface area contributed by atoms with Gasteiger partial charge < -0.3 is 5.11 Å². The van der Waals surface area contributed by atoms with Crippen molar-refractivity contribution in [1.82, 2.24) is 9.97 Å². The summed E-state index contributed by atoms with van der Waals surface area (Å²) in [6.45, 7) is -2.50. The Morgan fingerprint density at radius 2 is 2.12 bits per heavy atom. The van der Waals surface area contributed by atoms with Gasteiger partial charge in [-0.05, 0) is 18.5 Å². The number of hydrogen-bond acceptors (Lipinski definition) is 3. The summed E-state index contributed by atoms with van der Waals surface area (Å²) in [6.07, 6.45) is 0.470. The molecule has 0 saturated carbocycles. The number of aromatic nitrogens is 2. The number of halogens is 1. The Bertz CT molecular complexity index is 572. The van der Waals surface area contributed by atoms with Crippen molar-refractivity contribution in [1.29, 1.82) is 0 Å². The highest BCUT2D eigenvalue weighted by atomic mass is 19.1. The van der Waals surface area contributed by atoms with Crippen molar-refractivity contribution < 1.29 is 13.6 Å². The average molecular weight is 221 g/mol. The smallest absolute Gasteiger partial charge is 0.159 e. The molecular weight excluding hydrogens is 207 g/mol. The van der Waals surface area contributed by atoms with Gasteiger partial charge in [0.25, 0.3) is 0 Å². The van der Waals surface area contributed by atoms with Crippen LogP contribution in [0.2, 0.25) is 0 Å². The van der Waals surface area contributed by atoms with E-state index < -0.39 is 18.8 Å². The van der Waals surface area contributed by atoms with Crippen molar-refractivity contribution in [3.8, 4) is 11.4 Å². The third-order valence-corrected chi connectivity index (χ3v) is 2.08. The van der Waals surface area contributed by atoms with Crippen LogP contribution in [0.5, 0.6) is 0 Å². The van der Waals surface area contributed by atoms with E-state index in [2.05, 4.69) is 9.97 Å². The van der Waals surface area contributed by atoms with E-state index in [1.165, 1.54) is 12.1 Å². The fraction of sp³-hybridized carbons (Fsp3) is 0.167. The molecule has 1 aromatic carbocycles. The molecular formula is C12H11FN2O. The lowest BCUT2D eigenvalue weighted by atomic mass is 10.1. The Kier molecular flexibility index (Phi) is 2.04. The van der Waals surface area contributed by atoms with E-state index in [0.29, 0.717) is 5.56 Å². The van der Waals surface area contributed by atoms with Crippen LogP contribution in [0.25, 0.3) is 11.4 Å². The van der Waals surface area contributed by atoms with Gasteiger partial charge in [0.2, 0.25) is 0 Å². The molecule has 0 fully saturated rings. The number of aliphatic hydroxyl groups excluding tert-OH is 1. The minimum Gasteiger partial charge on any atom is -0.389 e. The Balaban J connectivity index is 2.37. The van der Waals surface area contributed by atoms with Crippen LogP contribution in [0.15, 0.2) is 36.7 Å². The Morgan fingerprint density at radius 3 is 2.81 bits per heavy atom. The topological polar surface area (TPSA) is 46.0 Å². The zero-order chi connectivity index (χ0) is 14.0. The van der Waals surface area contributed by atoms with Crippen LogP contribution in [0, 0.1) is 5.82 Å². The monoisotopic (exact) mass is 221 g/mol. The summed E-state index contributed by atoms with van der Waals surface area (Å²) in [6, 6.07) is 6.23. The fourth-order valence-electron chi connectivity index (χ4n) is 1.31. The first-order valence-electron chi connectivity index (χ1n) is 6.14. The van der Waals surface area contributed by atoms with Crippen molar-refractivity contribution >= 4 is 0 Å². The summed E-state index contributed by atoms with van der Waals surface area (Å²) in [5.41, 5.74) is 0.756. The van der Waals surface area contributed by atoms with Gasteiger partial charge in [-0.1, -0.05) is 18.2 Å². The van der Waals surface area contributed by atoms with E-state index in [1.807, 2.05) is 0 Å². The second kappa shape index (κ2) is 4.37. The van der Waals surface area contributed by atoms with Crippen LogP contribution < -0.4 is 0 Å². The lowest BCUT2D eigenvalue weighted by Gasteiger charge is -2.06. The quantitative estimate of drug-likeness (QED) is 0.846. The van der Waals surface area contributed by atoms with Crippen molar-refractivity contribution in [3.63, 3.8) is 0 Å². The highest BCUT2D eigenvalue weighted by Gasteiger charge is 2.05.